The Hall–Kier alpha value is -1.78. The first-order chi connectivity index (χ1) is 8.28. The fourth-order valence-corrected chi connectivity index (χ4v) is 1.95. The third-order valence-electron chi connectivity index (χ3n) is 2.61. The molecule has 5 heteroatoms. The van der Waals surface area contributed by atoms with Crippen LogP contribution in [0.25, 0.3) is 17.1 Å². The van der Waals surface area contributed by atoms with E-state index in [2.05, 4.69) is 4.98 Å². The predicted octanol–water partition coefficient (Wildman–Crippen LogP) is 2.71. The van der Waals surface area contributed by atoms with Crippen LogP contribution in [0.2, 0.25) is 5.22 Å². The van der Waals surface area contributed by atoms with Crippen LogP contribution in [-0.2, 0) is 6.54 Å². The van der Waals surface area contributed by atoms with Crippen LogP contribution in [0.15, 0.2) is 40.9 Å². The van der Waals surface area contributed by atoms with Gasteiger partial charge in [0.15, 0.2) is 11.0 Å². The van der Waals surface area contributed by atoms with Gasteiger partial charge in [-0.3, -0.25) is 0 Å². The average molecular weight is 248 g/mol. The van der Waals surface area contributed by atoms with Crippen LogP contribution in [0.3, 0.4) is 0 Å². The second kappa shape index (κ2) is 3.91. The second-order valence-electron chi connectivity index (χ2n) is 3.68. The van der Waals surface area contributed by atoms with E-state index < -0.39 is 0 Å². The Morgan fingerprint density at radius 1 is 1.29 bits per heavy atom. The van der Waals surface area contributed by atoms with Gasteiger partial charge in [0, 0.05) is 18.4 Å². The molecule has 2 N–H and O–H groups in total. The zero-order chi connectivity index (χ0) is 11.8. The van der Waals surface area contributed by atoms with Gasteiger partial charge in [0.2, 0.25) is 0 Å². The smallest absolute Gasteiger partial charge is 0.194 e. The molecule has 0 unspecified atom stereocenters. The maximum absolute atomic E-state index is 5.75. The highest BCUT2D eigenvalue weighted by Crippen LogP contribution is 2.24. The number of nitrogens with zero attached hydrogens (tertiary/aromatic N) is 2. The van der Waals surface area contributed by atoms with E-state index in [0.717, 1.165) is 17.0 Å². The van der Waals surface area contributed by atoms with Crippen molar-refractivity contribution >= 4 is 17.2 Å². The van der Waals surface area contributed by atoms with Gasteiger partial charge in [-0.2, -0.15) is 0 Å². The van der Waals surface area contributed by atoms with Crippen LogP contribution in [0.1, 0.15) is 5.69 Å². The molecule has 86 valence electrons. The van der Waals surface area contributed by atoms with Crippen molar-refractivity contribution in [2.75, 3.05) is 0 Å². The molecule has 0 aliphatic heterocycles. The standard InChI is InChI=1S/C12H10ClN3O/c13-11-5-4-10(17-11)9-7-16-8(6-14)2-1-3-12(16)15-9/h1-5,7H,6,14H2. The zero-order valence-corrected chi connectivity index (χ0v) is 9.69. The zero-order valence-electron chi connectivity index (χ0n) is 8.93. The maximum Gasteiger partial charge on any atom is 0.194 e. The molecule has 0 fully saturated rings. The Kier molecular flexibility index (Phi) is 2.39. The summed E-state index contributed by atoms with van der Waals surface area (Å²) in [6.07, 6.45) is 1.90. The molecule has 0 aromatic carbocycles. The molecule has 0 bridgehead atoms. The molecule has 0 radical (unpaired) electrons. The lowest BCUT2D eigenvalue weighted by molar-refractivity contribution is 0.582. The Balaban J connectivity index is 2.19. The van der Waals surface area contributed by atoms with Gasteiger partial charge >= 0.3 is 0 Å². The van der Waals surface area contributed by atoms with E-state index in [4.69, 9.17) is 21.8 Å². The highest BCUT2D eigenvalue weighted by Gasteiger charge is 2.09. The van der Waals surface area contributed by atoms with Gasteiger partial charge in [-0.05, 0) is 35.9 Å². The third-order valence-corrected chi connectivity index (χ3v) is 2.81. The largest absolute Gasteiger partial charge is 0.443 e. The van der Waals surface area contributed by atoms with Crippen LogP contribution in [0.4, 0.5) is 0 Å². The van der Waals surface area contributed by atoms with Gasteiger partial charge < -0.3 is 14.6 Å². The summed E-state index contributed by atoms with van der Waals surface area (Å²) in [7, 11) is 0. The number of hydrogen-bond acceptors (Lipinski definition) is 3. The number of rotatable bonds is 2. The van der Waals surface area contributed by atoms with Gasteiger partial charge in [-0.15, -0.1) is 0 Å². The van der Waals surface area contributed by atoms with Gasteiger partial charge in [0.1, 0.15) is 11.3 Å². The maximum atomic E-state index is 5.75. The van der Waals surface area contributed by atoms with Crippen LogP contribution in [0.5, 0.6) is 0 Å². The Labute approximate surface area is 103 Å². The monoisotopic (exact) mass is 247 g/mol. The Bertz CT molecular complexity index is 671. The molecule has 0 amide bonds. The van der Waals surface area contributed by atoms with Crippen molar-refractivity contribution < 1.29 is 4.42 Å². The first kappa shape index (κ1) is 10.4. The van der Waals surface area contributed by atoms with Crippen LogP contribution >= 0.6 is 11.6 Å². The molecule has 3 aromatic rings. The molecule has 0 spiro atoms. The topological polar surface area (TPSA) is 56.5 Å². The summed E-state index contributed by atoms with van der Waals surface area (Å²) in [6.45, 7) is 0.464. The van der Waals surface area contributed by atoms with E-state index in [-0.39, 0.29) is 0 Å². The summed E-state index contributed by atoms with van der Waals surface area (Å²) in [5.41, 5.74) is 8.26. The molecule has 3 aromatic heterocycles. The molecule has 0 atom stereocenters. The van der Waals surface area contributed by atoms with Crippen molar-refractivity contribution in [2.45, 2.75) is 6.54 Å². The third kappa shape index (κ3) is 1.71. The highest BCUT2D eigenvalue weighted by atomic mass is 35.5. The molecule has 17 heavy (non-hydrogen) atoms. The first-order valence-corrected chi connectivity index (χ1v) is 5.58. The Morgan fingerprint density at radius 2 is 2.18 bits per heavy atom. The van der Waals surface area contributed by atoms with Crippen molar-refractivity contribution in [2.24, 2.45) is 5.73 Å². The minimum absolute atomic E-state index is 0.358. The quantitative estimate of drug-likeness (QED) is 0.758. The van der Waals surface area contributed by atoms with Crippen LogP contribution in [-0.4, -0.2) is 9.38 Å². The SMILES string of the molecule is NCc1cccc2nc(-c3ccc(Cl)o3)cn12. The van der Waals surface area contributed by atoms with Gasteiger partial charge in [0.05, 0.1) is 0 Å². The number of pyridine rings is 1. The van der Waals surface area contributed by atoms with Crippen molar-refractivity contribution in [1.82, 2.24) is 9.38 Å². The van der Waals surface area contributed by atoms with Gasteiger partial charge in [-0.1, -0.05) is 6.07 Å². The first-order valence-electron chi connectivity index (χ1n) is 5.21. The number of imidazole rings is 1. The molecular weight excluding hydrogens is 238 g/mol. The fourth-order valence-electron chi connectivity index (χ4n) is 1.80. The minimum atomic E-state index is 0.358. The molecule has 4 nitrogen and oxygen atoms in total. The molecular formula is C12H10ClN3O. The second-order valence-corrected chi connectivity index (χ2v) is 4.05. The lowest BCUT2D eigenvalue weighted by Gasteiger charge is -1.99. The summed E-state index contributed by atoms with van der Waals surface area (Å²) < 4.78 is 7.28. The number of furan rings is 1. The molecule has 0 saturated heterocycles. The van der Waals surface area contributed by atoms with E-state index in [1.54, 1.807) is 12.1 Å². The van der Waals surface area contributed by atoms with Crippen molar-refractivity contribution in [3.8, 4) is 11.5 Å². The van der Waals surface area contributed by atoms with E-state index in [1.807, 2.05) is 28.8 Å². The number of aromatic nitrogens is 2. The highest BCUT2D eigenvalue weighted by molar-refractivity contribution is 6.28. The number of hydrogen-bond donors (Lipinski definition) is 1. The predicted molar refractivity (Wildman–Crippen MR) is 65.8 cm³/mol. The summed E-state index contributed by atoms with van der Waals surface area (Å²) in [5, 5.41) is 0.358. The van der Waals surface area contributed by atoms with E-state index in [9.17, 15) is 0 Å². The summed E-state index contributed by atoms with van der Waals surface area (Å²) in [5.74, 6) is 0.654. The number of halogens is 1. The van der Waals surface area contributed by atoms with Crippen molar-refractivity contribution in [1.29, 1.82) is 0 Å². The van der Waals surface area contributed by atoms with Crippen LogP contribution in [0, 0.1) is 0 Å². The van der Waals surface area contributed by atoms with Crippen molar-refractivity contribution in [3.63, 3.8) is 0 Å². The van der Waals surface area contributed by atoms with E-state index >= 15 is 0 Å². The fraction of sp³-hybridized carbons (Fsp3) is 0.0833. The van der Waals surface area contributed by atoms with Gasteiger partial charge in [-0.25, -0.2) is 4.98 Å². The van der Waals surface area contributed by atoms with E-state index in [0.29, 0.717) is 17.5 Å². The summed E-state index contributed by atoms with van der Waals surface area (Å²) in [4.78, 5) is 4.46. The average Bonchev–Trinajstić information content (AvgIpc) is 2.93. The lowest BCUT2D eigenvalue weighted by atomic mass is 10.3. The normalized spacial score (nSPS) is 11.2. The lowest BCUT2D eigenvalue weighted by Crippen LogP contribution is -2.02. The summed E-state index contributed by atoms with van der Waals surface area (Å²) >= 11 is 5.75. The molecule has 0 saturated carbocycles. The minimum Gasteiger partial charge on any atom is -0.443 e. The van der Waals surface area contributed by atoms with Crippen molar-refractivity contribution in [3.05, 3.63) is 47.4 Å². The summed E-state index contributed by atoms with van der Waals surface area (Å²) in [6, 6.07) is 9.32. The molecule has 3 rings (SSSR count). The molecule has 0 aliphatic carbocycles. The number of nitrogens with two attached hydrogens (primary N) is 1. The number of fused-ring (bicyclic) bond motifs is 1. The molecule has 3 heterocycles. The van der Waals surface area contributed by atoms with Gasteiger partial charge in [0.25, 0.3) is 0 Å². The Morgan fingerprint density at radius 3 is 2.88 bits per heavy atom. The van der Waals surface area contributed by atoms with E-state index in [1.165, 1.54) is 0 Å². The van der Waals surface area contributed by atoms with Crippen LogP contribution < -0.4 is 5.73 Å². The molecule has 0 aliphatic rings.